The van der Waals surface area contributed by atoms with Crippen molar-refractivity contribution in [3.8, 4) is 5.75 Å². The lowest BCUT2D eigenvalue weighted by Crippen LogP contribution is -2.36. The van der Waals surface area contributed by atoms with Crippen LogP contribution in [0.2, 0.25) is 0 Å². The summed E-state index contributed by atoms with van der Waals surface area (Å²) >= 11 is 0. The van der Waals surface area contributed by atoms with Crippen molar-refractivity contribution < 1.29 is 27.5 Å². The van der Waals surface area contributed by atoms with Crippen LogP contribution in [0.4, 0.5) is 0 Å². The Balaban J connectivity index is 1.37. The van der Waals surface area contributed by atoms with Crippen LogP contribution in [-0.2, 0) is 30.8 Å². The van der Waals surface area contributed by atoms with Crippen LogP contribution in [0.15, 0.2) is 34.7 Å². The summed E-state index contributed by atoms with van der Waals surface area (Å²) in [6.07, 6.45) is 4.63. The highest BCUT2D eigenvalue weighted by Crippen LogP contribution is 2.30. The number of ether oxygens (including phenoxy) is 2. The van der Waals surface area contributed by atoms with Gasteiger partial charge >= 0.3 is 0 Å². The van der Waals surface area contributed by atoms with Gasteiger partial charge in [0, 0.05) is 44.2 Å². The van der Waals surface area contributed by atoms with Crippen molar-refractivity contribution in [1.82, 2.24) is 9.79 Å². The first-order valence-electron chi connectivity index (χ1n) is 9.06. The third-order valence-electron chi connectivity index (χ3n) is 4.91. The first kappa shape index (κ1) is 18.4. The maximum Gasteiger partial charge on any atom is 0.271 e. The number of rotatable bonds is 5. The Morgan fingerprint density at radius 3 is 2.96 bits per heavy atom. The van der Waals surface area contributed by atoms with E-state index < -0.39 is 22.2 Å². The molecule has 1 unspecified atom stereocenters. The van der Waals surface area contributed by atoms with Crippen LogP contribution in [0.25, 0.3) is 0 Å². The van der Waals surface area contributed by atoms with Gasteiger partial charge in [-0.05, 0) is 24.5 Å². The van der Waals surface area contributed by atoms with Gasteiger partial charge in [-0.1, -0.05) is 12.1 Å². The van der Waals surface area contributed by atoms with Gasteiger partial charge in [0.2, 0.25) is 10.0 Å². The molecule has 3 aliphatic rings. The zero-order valence-corrected chi connectivity index (χ0v) is 15.7. The maximum absolute atomic E-state index is 12.9. The van der Waals surface area contributed by atoms with Gasteiger partial charge in [0.25, 0.3) is 5.91 Å². The van der Waals surface area contributed by atoms with Crippen molar-refractivity contribution >= 4 is 15.9 Å². The molecule has 1 atom stereocenters. The number of amides is 1. The molecule has 3 heterocycles. The summed E-state index contributed by atoms with van der Waals surface area (Å²) in [5.41, 5.74) is 3.73. The minimum Gasteiger partial charge on any atom is -0.493 e. The van der Waals surface area contributed by atoms with Crippen molar-refractivity contribution in [3.05, 3.63) is 35.4 Å². The summed E-state index contributed by atoms with van der Waals surface area (Å²) in [5, 5.41) is 0. The quantitative estimate of drug-likeness (QED) is 0.753. The van der Waals surface area contributed by atoms with Gasteiger partial charge in [-0.3, -0.25) is 4.79 Å². The van der Waals surface area contributed by atoms with Gasteiger partial charge in [0.1, 0.15) is 5.75 Å². The zero-order chi connectivity index (χ0) is 18.9. The fourth-order valence-electron chi connectivity index (χ4n) is 3.32. The number of benzene rings is 1. The van der Waals surface area contributed by atoms with Crippen LogP contribution < -0.4 is 10.2 Å². The second-order valence-corrected chi connectivity index (χ2v) is 8.68. The minimum absolute atomic E-state index is 0.000985. The molecule has 0 saturated carbocycles. The van der Waals surface area contributed by atoms with E-state index in [9.17, 15) is 13.2 Å². The molecule has 1 N–H and O–H groups in total. The van der Waals surface area contributed by atoms with Crippen molar-refractivity contribution in [3.63, 3.8) is 0 Å². The largest absolute Gasteiger partial charge is 0.493 e. The maximum atomic E-state index is 12.9. The number of carbonyl (C=O) groups excluding carboxylic acids is 1. The summed E-state index contributed by atoms with van der Waals surface area (Å²) in [6, 6.07) is 4.92. The van der Waals surface area contributed by atoms with Crippen molar-refractivity contribution in [2.75, 3.05) is 26.3 Å². The van der Waals surface area contributed by atoms with Crippen molar-refractivity contribution in [2.45, 2.75) is 36.9 Å². The Labute approximate surface area is 158 Å². The molecule has 0 aliphatic carbocycles. The van der Waals surface area contributed by atoms with E-state index in [0.717, 1.165) is 31.2 Å². The summed E-state index contributed by atoms with van der Waals surface area (Å²) in [4.78, 5) is 17.7. The van der Waals surface area contributed by atoms with Gasteiger partial charge < -0.3 is 9.47 Å². The first-order chi connectivity index (χ1) is 13.0. The van der Waals surface area contributed by atoms with Gasteiger partial charge in [0.15, 0.2) is 6.29 Å². The van der Waals surface area contributed by atoms with Gasteiger partial charge in [0.05, 0.1) is 11.5 Å². The Hall–Kier alpha value is -1.94. The summed E-state index contributed by atoms with van der Waals surface area (Å²) in [5.74, 6) is 0.168. The van der Waals surface area contributed by atoms with Crippen LogP contribution in [0.3, 0.4) is 0 Å². The molecular formula is C18H22N2O6S. The topological polar surface area (TPSA) is 94.2 Å². The molecule has 1 saturated heterocycles. The van der Waals surface area contributed by atoms with Crippen LogP contribution in [0.1, 0.15) is 24.8 Å². The fourth-order valence-corrected chi connectivity index (χ4v) is 4.70. The molecule has 146 valence electrons. The molecule has 3 aliphatic heterocycles. The van der Waals surface area contributed by atoms with Gasteiger partial charge in [-0.25, -0.2) is 18.7 Å². The molecule has 1 aromatic carbocycles. The lowest BCUT2D eigenvalue weighted by atomic mass is 10.2. The van der Waals surface area contributed by atoms with E-state index >= 15 is 0 Å². The van der Waals surface area contributed by atoms with Gasteiger partial charge in [-0.2, -0.15) is 4.31 Å². The number of hydrogen-bond donors (Lipinski definition) is 1. The minimum atomic E-state index is -3.71. The summed E-state index contributed by atoms with van der Waals surface area (Å²) in [7, 11) is -3.71. The van der Waals surface area contributed by atoms with Crippen LogP contribution in [0, 0.1) is 0 Å². The van der Waals surface area contributed by atoms with E-state index in [1.54, 1.807) is 24.3 Å². The average molecular weight is 394 g/mol. The highest BCUT2D eigenvalue weighted by Gasteiger charge is 2.31. The van der Waals surface area contributed by atoms with E-state index in [-0.39, 0.29) is 18.0 Å². The van der Waals surface area contributed by atoms with Crippen molar-refractivity contribution in [1.29, 1.82) is 0 Å². The lowest BCUT2D eigenvalue weighted by Gasteiger charge is -2.22. The lowest BCUT2D eigenvalue weighted by molar-refractivity contribution is -0.198. The van der Waals surface area contributed by atoms with E-state index in [4.69, 9.17) is 14.3 Å². The molecule has 0 radical (unpaired) electrons. The second kappa shape index (κ2) is 7.59. The predicted octanol–water partition coefficient (Wildman–Crippen LogP) is 1.13. The SMILES string of the molecule is O=C(NOC1CCCCO1)C1=CCN(S(=O)(=O)c2ccc3c(c2)OCC3)C1. The first-order valence-corrected chi connectivity index (χ1v) is 10.5. The number of sulfonamides is 1. The number of nitrogens with one attached hydrogen (secondary N) is 1. The zero-order valence-electron chi connectivity index (χ0n) is 14.8. The Kier molecular flexibility index (Phi) is 5.18. The molecule has 9 heteroatoms. The molecule has 27 heavy (non-hydrogen) atoms. The average Bonchev–Trinajstić information content (AvgIpc) is 3.36. The summed E-state index contributed by atoms with van der Waals surface area (Å²) < 4.78 is 37.8. The monoisotopic (exact) mass is 394 g/mol. The molecule has 1 aromatic rings. The van der Waals surface area contributed by atoms with Crippen LogP contribution in [-0.4, -0.2) is 51.2 Å². The molecule has 4 rings (SSSR count). The third kappa shape index (κ3) is 3.86. The summed E-state index contributed by atoms with van der Waals surface area (Å²) in [6.45, 7) is 1.32. The molecule has 1 amide bonds. The standard InChI is InChI=1S/C18H22N2O6S/c21-18(19-26-17-3-1-2-9-25-17)14-6-8-20(12-14)27(22,23)15-5-4-13-7-10-24-16(13)11-15/h4-6,11,17H,1-3,7-10,12H2,(H,19,21). The Morgan fingerprint density at radius 2 is 2.15 bits per heavy atom. The molecule has 1 fully saturated rings. The third-order valence-corrected chi connectivity index (χ3v) is 6.71. The van der Waals surface area contributed by atoms with Crippen LogP contribution in [0.5, 0.6) is 5.75 Å². The molecule has 0 aromatic heterocycles. The van der Waals surface area contributed by atoms with Crippen molar-refractivity contribution in [2.24, 2.45) is 0 Å². The molecule has 0 spiro atoms. The van der Waals surface area contributed by atoms with E-state index in [2.05, 4.69) is 5.48 Å². The van der Waals surface area contributed by atoms with Gasteiger partial charge in [-0.15, -0.1) is 0 Å². The Morgan fingerprint density at radius 1 is 1.26 bits per heavy atom. The molecule has 0 bridgehead atoms. The van der Waals surface area contributed by atoms with Crippen LogP contribution >= 0.6 is 0 Å². The number of hydroxylamine groups is 1. The number of nitrogens with zero attached hydrogens (tertiary/aromatic N) is 1. The second-order valence-electron chi connectivity index (χ2n) is 6.74. The number of hydrogen-bond acceptors (Lipinski definition) is 6. The molecule has 8 nitrogen and oxygen atoms in total. The normalized spacial score (nSPS) is 22.8. The fraction of sp³-hybridized carbons (Fsp3) is 0.500. The Bertz CT molecular complexity index is 861. The highest BCUT2D eigenvalue weighted by atomic mass is 32.2. The van der Waals surface area contributed by atoms with E-state index in [1.807, 2.05) is 0 Å². The number of fused-ring (bicyclic) bond motifs is 1. The van der Waals surface area contributed by atoms with E-state index in [1.165, 1.54) is 4.31 Å². The molecular weight excluding hydrogens is 372 g/mol. The number of carbonyl (C=O) groups is 1. The predicted molar refractivity (Wildman–Crippen MR) is 95.3 cm³/mol. The highest BCUT2D eigenvalue weighted by molar-refractivity contribution is 7.89. The van der Waals surface area contributed by atoms with E-state index in [0.29, 0.717) is 24.5 Å². The smallest absolute Gasteiger partial charge is 0.271 e.